The Morgan fingerprint density at radius 2 is 1.94 bits per heavy atom. The zero-order valence-corrected chi connectivity index (χ0v) is 18.9. The number of ether oxygens (including phenoxy) is 2. The van der Waals surface area contributed by atoms with Crippen molar-refractivity contribution >= 4 is 17.5 Å². The average molecular weight is 449 g/mol. The highest BCUT2D eigenvalue weighted by molar-refractivity contribution is 6.30. The molecule has 0 bridgehead atoms. The van der Waals surface area contributed by atoms with Gasteiger partial charge in [0.25, 0.3) is 0 Å². The van der Waals surface area contributed by atoms with Crippen LogP contribution in [0.1, 0.15) is 17.0 Å². The van der Waals surface area contributed by atoms with Gasteiger partial charge in [0.2, 0.25) is 5.91 Å². The lowest BCUT2D eigenvalue weighted by atomic mass is 9.88. The van der Waals surface area contributed by atoms with Crippen molar-refractivity contribution in [2.45, 2.75) is 12.5 Å². The molecule has 0 N–H and O–H groups in total. The fourth-order valence-corrected chi connectivity index (χ4v) is 4.38. The number of nitrogens with zero attached hydrogens (tertiary/aromatic N) is 2. The molecule has 0 saturated carbocycles. The molecule has 2 aromatic rings. The van der Waals surface area contributed by atoms with Gasteiger partial charge in [-0.1, -0.05) is 35.9 Å². The van der Waals surface area contributed by atoms with Crippen LogP contribution in [0.15, 0.2) is 48.5 Å². The first-order chi connectivity index (χ1) is 15.0. The van der Waals surface area contributed by atoms with Crippen molar-refractivity contribution in [1.29, 1.82) is 0 Å². The average Bonchev–Trinajstić information content (AvgIpc) is 3.15. The first kappa shape index (κ1) is 23.7. The number of methoxy groups -OCH3 is 2. The molecule has 0 spiro atoms. The standard InChI is InChI=1S/C24H30ClFN2O3/c1-30-11-10-28(24(29)17-31-2)15-20-14-27(13-18-6-8-21(25)9-7-18)16-23(20)19-4-3-5-22(26)12-19/h3-9,12,20,23H,10-11,13-17H2,1-2H3/t20-,23+/m1/s1. The van der Waals surface area contributed by atoms with Crippen LogP contribution in [0.25, 0.3) is 0 Å². The van der Waals surface area contributed by atoms with Gasteiger partial charge in [-0.15, -0.1) is 0 Å². The van der Waals surface area contributed by atoms with Crippen molar-refractivity contribution in [2.24, 2.45) is 5.92 Å². The Hall–Kier alpha value is -1.99. The lowest BCUT2D eigenvalue weighted by Gasteiger charge is -2.28. The molecule has 1 heterocycles. The minimum absolute atomic E-state index is 0.0373. The molecule has 0 aliphatic carbocycles. The number of halogens is 2. The second-order valence-corrected chi connectivity index (χ2v) is 8.44. The maximum absolute atomic E-state index is 14.0. The van der Waals surface area contributed by atoms with Gasteiger partial charge >= 0.3 is 0 Å². The van der Waals surface area contributed by atoms with Crippen molar-refractivity contribution in [3.8, 4) is 0 Å². The Kier molecular flexibility index (Phi) is 8.84. The van der Waals surface area contributed by atoms with E-state index >= 15 is 0 Å². The molecule has 5 nitrogen and oxygen atoms in total. The summed E-state index contributed by atoms with van der Waals surface area (Å²) < 4.78 is 24.2. The zero-order valence-electron chi connectivity index (χ0n) is 18.1. The molecule has 0 radical (unpaired) electrons. The summed E-state index contributed by atoms with van der Waals surface area (Å²) in [5.74, 6) is 0.00273. The van der Waals surface area contributed by atoms with Crippen LogP contribution in [0.2, 0.25) is 5.02 Å². The third-order valence-corrected chi connectivity index (χ3v) is 6.01. The van der Waals surface area contributed by atoms with Gasteiger partial charge in [-0.2, -0.15) is 0 Å². The number of amides is 1. The molecule has 3 rings (SSSR count). The monoisotopic (exact) mass is 448 g/mol. The van der Waals surface area contributed by atoms with Gasteiger partial charge in [-0.25, -0.2) is 4.39 Å². The van der Waals surface area contributed by atoms with Crippen molar-refractivity contribution in [3.05, 3.63) is 70.5 Å². The highest BCUT2D eigenvalue weighted by atomic mass is 35.5. The Bertz CT molecular complexity index is 849. The summed E-state index contributed by atoms with van der Waals surface area (Å²) in [7, 11) is 3.14. The lowest BCUT2D eigenvalue weighted by Crippen LogP contribution is -2.41. The predicted octanol–water partition coefficient (Wildman–Crippen LogP) is 3.82. The van der Waals surface area contributed by atoms with E-state index in [9.17, 15) is 9.18 Å². The smallest absolute Gasteiger partial charge is 0.248 e. The second-order valence-electron chi connectivity index (χ2n) is 8.01. The molecule has 1 amide bonds. The van der Waals surface area contributed by atoms with E-state index in [0.717, 1.165) is 25.2 Å². The molecular weight excluding hydrogens is 419 g/mol. The van der Waals surface area contributed by atoms with Crippen LogP contribution in [0.4, 0.5) is 4.39 Å². The van der Waals surface area contributed by atoms with Crippen LogP contribution < -0.4 is 0 Å². The minimum Gasteiger partial charge on any atom is -0.383 e. The fourth-order valence-electron chi connectivity index (χ4n) is 4.25. The number of carbonyl (C=O) groups excluding carboxylic acids is 1. The quantitative estimate of drug-likeness (QED) is 0.554. The van der Waals surface area contributed by atoms with Crippen molar-refractivity contribution in [3.63, 3.8) is 0 Å². The van der Waals surface area contributed by atoms with E-state index in [2.05, 4.69) is 4.90 Å². The van der Waals surface area contributed by atoms with Gasteiger partial charge in [0.1, 0.15) is 12.4 Å². The summed E-state index contributed by atoms with van der Waals surface area (Å²) in [6.45, 7) is 3.97. The van der Waals surface area contributed by atoms with Crippen LogP contribution in [0.3, 0.4) is 0 Å². The summed E-state index contributed by atoms with van der Waals surface area (Å²) in [6, 6.07) is 14.6. The van der Waals surface area contributed by atoms with E-state index in [1.807, 2.05) is 30.3 Å². The Labute approximate surface area is 188 Å². The van der Waals surface area contributed by atoms with E-state index in [-0.39, 0.29) is 30.2 Å². The van der Waals surface area contributed by atoms with E-state index in [1.54, 1.807) is 24.1 Å². The molecule has 1 aliphatic heterocycles. The number of rotatable bonds is 10. The summed E-state index contributed by atoms with van der Waals surface area (Å²) in [5, 5.41) is 0.714. The van der Waals surface area contributed by atoms with Gasteiger partial charge in [-0.3, -0.25) is 9.69 Å². The van der Waals surface area contributed by atoms with Gasteiger partial charge in [0.05, 0.1) is 6.61 Å². The lowest BCUT2D eigenvalue weighted by molar-refractivity contribution is -0.136. The molecule has 2 atom stereocenters. The molecule has 1 aliphatic rings. The van der Waals surface area contributed by atoms with Gasteiger partial charge in [-0.05, 0) is 41.3 Å². The molecule has 0 unspecified atom stereocenters. The Balaban J connectivity index is 1.79. The van der Waals surface area contributed by atoms with Gasteiger partial charge in [0.15, 0.2) is 0 Å². The first-order valence-corrected chi connectivity index (χ1v) is 10.9. The molecule has 31 heavy (non-hydrogen) atoms. The zero-order chi connectivity index (χ0) is 22.2. The van der Waals surface area contributed by atoms with E-state index < -0.39 is 0 Å². The number of hydrogen-bond acceptors (Lipinski definition) is 4. The van der Waals surface area contributed by atoms with Crippen molar-refractivity contribution in [1.82, 2.24) is 9.80 Å². The summed E-state index contributed by atoms with van der Waals surface area (Å²) in [4.78, 5) is 16.8. The highest BCUT2D eigenvalue weighted by Crippen LogP contribution is 2.34. The van der Waals surface area contributed by atoms with Crippen molar-refractivity contribution < 1.29 is 18.7 Å². The third-order valence-electron chi connectivity index (χ3n) is 5.75. The maximum atomic E-state index is 14.0. The summed E-state index contributed by atoms with van der Waals surface area (Å²) in [6.07, 6.45) is 0. The van der Waals surface area contributed by atoms with Gasteiger partial charge < -0.3 is 14.4 Å². The second kappa shape index (κ2) is 11.6. The number of likely N-dealkylation sites (tertiary alicyclic amines) is 1. The number of carbonyl (C=O) groups is 1. The molecular formula is C24H30ClFN2O3. The first-order valence-electron chi connectivity index (χ1n) is 10.5. The normalized spacial score (nSPS) is 19.0. The molecule has 7 heteroatoms. The summed E-state index contributed by atoms with van der Waals surface area (Å²) in [5.41, 5.74) is 2.14. The number of hydrogen-bond donors (Lipinski definition) is 0. The molecule has 1 fully saturated rings. The molecule has 168 valence electrons. The van der Waals surface area contributed by atoms with Crippen LogP contribution in [-0.2, 0) is 20.8 Å². The van der Waals surface area contributed by atoms with E-state index in [4.69, 9.17) is 21.1 Å². The molecule has 0 aromatic heterocycles. The topological polar surface area (TPSA) is 42.0 Å². The van der Waals surface area contributed by atoms with Crippen LogP contribution in [0, 0.1) is 11.7 Å². The van der Waals surface area contributed by atoms with E-state index in [1.165, 1.54) is 18.7 Å². The van der Waals surface area contributed by atoms with Crippen LogP contribution in [-0.4, -0.2) is 69.3 Å². The predicted molar refractivity (Wildman–Crippen MR) is 120 cm³/mol. The summed E-state index contributed by atoms with van der Waals surface area (Å²) >= 11 is 6.02. The molecule has 1 saturated heterocycles. The Morgan fingerprint density at radius 1 is 1.16 bits per heavy atom. The SMILES string of the molecule is COCCN(C[C@H]1CN(Cc2ccc(Cl)cc2)C[C@H]1c1cccc(F)c1)C(=O)COC. The van der Waals surface area contributed by atoms with Gasteiger partial charge in [0, 0.05) is 57.9 Å². The van der Waals surface area contributed by atoms with Crippen LogP contribution >= 0.6 is 11.6 Å². The van der Waals surface area contributed by atoms with Crippen LogP contribution in [0.5, 0.6) is 0 Å². The van der Waals surface area contributed by atoms with E-state index in [0.29, 0.717) is 24.7 Å². The Morgan fingerprint density at radius 3 is 2.61 bits per heavy atom. The molecule has 2 aromatic carbocycles. The maximum Gasteiger partial charge on any atom is 0.248 e. The third kappa shape index (κ3) is 6.74. The fraction of sp³-hybridized carbons (Fsp3) is 0.458. The highest BCUT2D eigenvalue weighted by Gasteiger charge is 2.35. The number of benzene rings is 2. The van der Waals surface area contributed by atoms with Crippen molar-refractivity contribution in [2.75, 3.05) is 53.6 Å². The minimum atomic E-state index is -0.237. The largest absolute Gasteiger partial charge is 0.383 e.